The maximum Gasteiger partial charge on any atom is 0.0966 e. The summed E-state index contributed by atoms with van der Waals surface area (Å²) in [5.41, 5.74) is 1.05. The molecule has 0 unspecified atom stereocenters. The first kappa shape index (κ1) is 11.7. The van der Waals surface area contributed by atoms with E-state index in [4.69, 9.17) is 0 Å². The first-order chi connectivity index (χ1) is 6.76. The van der Waals surface area contributed by atoms with E-state index < -0.39 is 0 Å². The second-order valence-electron chi connectivity index (χ2n) is 3.29. The SMILES string of the molecule is CCN(CCCBr)Cc1cn(C)nn1. The lowest BCUT2D eigenvalue weighted by atomic mass is 10.3. The quantitative estimate of drug-likeness (QED) is 0.726. The van der Waals surface area contributed by atoms with E-state index >= 15 is 0 Å². The van der Waals surface area contributed by atoms with Crippen LogP contribution in [0, 0.1) is 0 Å². The lowest BCUT2D eigenvalue weighted by molar-refractivity contribution is 0.278. The predicted molar refractivity (Wildman–Crippen MR) is 60.4 cm³/mol. The average molecular weight is 261 g/mol. The fourth-order valence-corrected chi connectivity index (χ4v) is 1.58. The maximum atomic E-state index is 4.07. The summed E-state index contributed by atoms with van der Waals surface area (Å²) in [4.78, 5) is 2.37. The Morgan fingerprint density at radius 1 is 1.57 bits per heavy atom. The molecule has 0 bridgehead atoms. The van der Waals surface area contributed by atoms with Gasteiger partial charge in [-0.25, -0.2) is 0 Å². The molecule has 0 N–H and O–H groups in total. The number of nitrogens with zero attached hydrogens (tertiary/aromatic N) is 4. The first-order valence-electron chi connectivity index (χ1n) is 4.89. The van der Waals surface area contributed by atoms with Crippen LogP contribution in [0.3, 0.4) is 0 Å². The van der Waals surface area contributed by atoms with Gasteiger partial charge in [0.05, 0.1) is 5.69 Å². The van der Waals surface area contributed by atoms with Gasteiger partial charge in [-0.1, -0.05) is 28.1 Å². The summed E-state index contributed by atoms with van der Waals surface area (Å²) in [5.74, 6) is 0. The van der Waals surface area contributed by atoms with Gasteiger partial charge in [-0.15, -0.1) is 5.10 Å². The minimum atomic E-state index is 0.900. The summed E-state index contributed by atoms with van der Waals surface area (Å²) in [6.45, 7) is 5.24. The third-order valence-electron chi connectivity index (χ3n) is 2.09. The van der Waals surface area contributed by atoms with Gasteiger partial charge in [-0.05, 0) is 19.5 Å². The summed E-state index contributed by atoms with van der Waals surface area (Å²) in [7, 11) is 1.89. The van der Waals surface area contributed by atoms with E-state index in [1.165, 1.54) is 6.42 Å². The molecule has 0 aliphatic carbocycles. The molecule has 0 aliphatic heterocycles. The molecular formula is C9H17BrN4. The van der Waals surface area contributed by atoms with Crippen molar-refractivity contribution >= 4 is 15.9 Å². The van der Waals surface area contributed by atoms with E-state index in [0.717, 1.165) is 30.7 Å². The number of aromatic nitrogens is 3. The Balaban J connectivity index is 2.40. The summed E-state index contributed by atoms with van der Waals surface area (Å²) >= 11 is 3.44. The highest BCUT2D eigenvalue weighted by atomic mass is 79.9. The van der Waals surface area contributed by atoms with Gasteiger partial charge in [0.2, 0.25) is 0 Å². The normalized spacial score (nSPS) is 11.1. The lowest BCUT2D eigenvalue weighted by Crippen LogP contribution is -2.24. The van der Waals surface area contributed by atoms with Crippen LogP contribution in [-0.2, 0) is 13.6 Å². The molecular weight excluding hydrogens is 244 g/mol. The van der Waals surface area contributed by atoms with Crippen molar-refractivity contribution < 1.29 is 0 Å². The molecule has 0 amide bonds. The zero-order chi connectivity index (χ0) is 10.4. The van der Waals surface area contributed by atoms with Crippen molar-refractivity contribution in [2.75, 3.05) is 18.4 Å². The summed E-state index contributed by atoms with van der Waals surface area (Å²) in [5, 5.41) is 9.05. The molecule has 5 heteroatoms. The monoisotopic (exact) mass is 260 g/mol. The number of hydrogen-bond donors (Lipinski definition) is 0. The third-order valence-corrected chi connectivity index (χ3v) is 2.65. The molecule has 0 fully saturated rings. The largest absolute Gasteiger partial charge is 0.298 e. The fraction of sp³-hybridized carbons (Fsp3) is 0.778. The van der Waals surface area contributed by atoms with E-state index in [-0.39, 0.29) is 0 Å². The number of rotatable bonds is 6. The number of hydrogen-bond acceptors (Lipinski definition) is 3. The third kappa shape index (κ3) is 3.75. The van der Waals surface area contributed by atoms with Gasteiger partial charge in [0, 0.05) is 25.1 Å². The highest BCUT2D eigenvalue weighted by molar-refractivity contribution is 9.09. The molecule has 80 valence electrons. The molecule has 0 spiro atoms. The van der Waals surface area contributed by atoms with Crippen molar-refractivity contribution in [1.29, 1.82) is 0 Å². The van der Waals surface area contributed by atoms with Gasteiger partial charge in [0.25, 0.3) is 0 Å². The van der Waals surface area contributed by atoms with Crippen LogP contribution in [0.15, 0.2) is 6.20 Å². The Hall–Kier alpha value is -0.420. The molecule has 1 heterocycles. The number of halogens is 1. The Bertz CT molecular complexity index is 261. The first-order valence-corrected chi connectivity index (χ1v) is 6.02. The van der Waals surface area contributed by atoms with Crippen molar-refractivity contribution in [2.24, 2.45) is 7.05 Å². The Morgan fingerprint density at radius 3 is 2.86 bits per heavy atom. The van der Waals surface area contributed by atoms with Crippen molar-refractivity contribution in [1.82, 2.24) is 19.9 Å². The van der Waals surface area contributed by atoms with Gasteiger partial charge >= 0.3 is 0 Å². The van der Waals surface area contributed by atoms with Crippen LogP contribution < -0.4 is 0 Å². The predicted octanol–water partition coefficient (Wildman–Crippen LogP) is 1.42. The Labute approximate surface area is 93.4 Å². The van der Waals surface area contributed by atoms with Crippen LogP contribution in [0.4, 0.5) is 0 Å². The average Bonchev–Trinajstić information content (AvgIpc) is 2.58. The van der Waals surface area contributed by atoms with Crippen LogP contribution in [0.1, 0.15) is 19.0 Å². The Kier molecular flexibility index (Phi) is 5.11. The highest BCUT2D eigenvalue weighted by Crippen LogP contribution is 2.01. The van der Waals surface area contributed by atoms with Crippen molar-refractivity contribution in [3.8, 4) is 0 Å². The van der Waals surface area contributed by atoms with Gasteiger partial charge in [-0.3, -0.25) is 9.58 Å². The summed E-state index contributed by atoms with van der Waals surface area (Å²) in [6, 6.07) is 0. The van der Waals surface area contributed by atoms with E-state index in [0.29, 0.717) is 0 Å². The maximum absolute atomic E-state index is 4.07. The molecule has 0 aromatic carbocycles. The minimum Gasteiger partial charge on any atom is -0.298 e. The highest BCUT2D eigenvalue weighted by Gasteiger charge is 2.05. The van der Waals surface area contributed by atoms with Gasteiger partial charge in [-0.2, -0.15) is 0 Å². The van der Waals surface area contributed by atoms with Crippen LogP contribution in [0.25, 0.3) is 0 Å². The molecule has 0 aliphatic rings. The molecule has 1 aromatic rings. The molecule has 14 heavy (non-hydrogen) atoms. The fourth-order valence-electron chi connectivity index (χ4n) is 1.33. The molecule has 1 aromatic heterocycles. The van der Waals surface area contributed by atoms with Gasteiger partial charge in [0.15, 0.2) is 0 Å². The van der Waals surface area contributed by atoms with Crippen molar-refractivity contribution in [2.45, 2.75) is 19.9 Å². The summed E-state index contributed by atoms with van der Waals surface area (Å²) in [6.07, 6.45) is 3.14. The summed E-state index contributed by atoms with van der Waals surface area (Å²) < 4.78 is 1.74. The van der Waals surface area contributed by atoms with Crippen molar-refractivity contribution in [3.63, 3.8) is 0 Å². The second kappa shape index (κ2) is 6.14. The lowest BCUT2D eigenvalue weighted by Gasteiger charge is -2.17. The van der Waals surface area contributed by atoms with Crippen LogP contribution in [0.5, 0.6) is 0 Å². The molecule has 0 saturated carbocycles. The van der Waals surface area contributed by atoms with Crippen LogP contribution >= 0.6 is 15.9 Å². The molecule has 0 atom stereocenters. The number of alkyl halides is 1. The van der Waals surface area contributed by atoms with Crippen molar-refractivity contribution in [3.05, 3.63) is 11.9 Å². The van der Waals surface area contributed by atoms with Gasteiger partial charge in [0.1, 0.15) is 0 Å². The van der Waals surface area contributed by atoms with E-state index in [1.54, 1.807) is 4.68 Å². The standard InChI is InChI=1S/C9H17BrN4/c1-3-14(6-4-5-10)8-9-7-13(2)12-11-9/h7H,3-6,8H2,1-2H3. The Morgan fingerprint density at radius 2 is 2.36 bits per heavy atom. The molecule has 4 nitrogen and oxygen atoms in total. The van der Waals surface area contributed by atoms with Crippen LogP contribution in [0.2, 0.25) is 0 Å². The van der Waals surface area contributed by atoms with Crippen LogP contribution in [-0.4, -0.2) is 38.3 Å². The van der Waals surface area contributed by atoms with Gasteiger partial charge < -0.3 is 0 Å². The smallest absolute Gasteiger partial charge is 0.0966 e. The zero-order valence-electron chi connectivity index (χ0n) is 8.78. The minimum absolute atomic E-state index is 0.900. The van der Waals surface area contributed by atoms with E-state index in [9.17, 15) is 0 Å². The molecule has 0 radical (unpaired) electrons. The molecule has 1 rings (SSSR count). The zero-order valence-corrected chi connectivity index (χ0v) is 10.4. The van der Waals surface area contributed by atoms with E-state index in [1.807, 2.05) is 13.2 Å². The number of aryl methyl sites for hydroxylation is 1. The molecule has 0 saturated heterocycles. The van der Waals surface area contributed by atoms with E-state index in [2.05, 4.69) is 38.1 Å². The second-order valence-corrected chi connectivity index (χ2v) is 4.09. The topological polar surface area (TPSA) is 34.0 Å².